The van der Waals surface area contributed by atoms with E-state index >= 15 is 0 Å². The van der Waals surface area contributed by atoms with Gasteiger partial charge in [0.1, 0.15) is 0 Å². The molecule has 5 nitrogen and oxygen atoms in total. The molecule has 1 atom stereocenters. The van der Waals surface area contributed by atoms with Crippen molar-refractivity contribution in [3.8, 4) is 6.07 Å². The molecular weight excluding hydrogens is 286 g/mol. The van der Waals surface area contributed by atoms with Crippen molar-refractivity contribution in [3.05, 3.63) is 53.9 Å². The monoisotopic (exact) mass is 301 g/mol. The maximum absolute atomic E-state index is 12.8. The fraction of sp³-hybridized carbons (Fsp3) is 0.267. The maximum atomic E-state index is 12.8. The second-order valence-corrected chi connectivity index (χ2v) is 6.94. The fourth-order valence-electron chi connectivity index (χ4n) is 2.72. The molecule has 3 rings (SSSR count). The molecule has 108 valence electrons. The number of benzene rings is 1. The molecule has 1 aliphatic heterocycles. The van der Waals surface area contributed by atoms with Crippen molar-refractivity contribution < 1.29 is 8.42 Å². The van der Waals surface area contributed by atoms with Crippen LogP contribution in [0, 0.1) is 11.3 Å². The van der Waals surface area contributed by atoms with Crippen LogP contribution in [0.25, 0.3) is 0 Å². The van der Waals surface area contributed by atoms with Crippen LogP contribution >= 0.6 is 0 Å². The second-order valence-electron chi connectivity index (χ2n) is 5.05. The summed E-state index contributed by atoms with van der Waals surface area (Å²) >= 11 is 0. The SMILES string of the molecule is C[C@@H]1c2cccn2CCN1S(=O)(=O)c1ccc(C#N)cc1. The van der Waals surface area contributed by atoms with Crippen LogP contribution < -0.4 is 0 Å². The Labute approximate surface area is 124 Å². The van der Waals surface area contributed by atoms with Crippen LogP contribution in [0.15, 0.2) is 47.5 Å². The van der Waals surface area contributed by atoms with Gasteiger partial charge in [0.15, 0.2) is 0 Å². The summed E-state index contributed by atoms with van der Waals surface area (Å²) in [6.07, 6.45) is 1.97. The average molecular weight is 301 g/mol. The van der Waals surface area contributed by atoms with Gasteiger partial charge in [-0.05, 0) is 43.3 Å². The minimum absolute atomic E-state index is 0.200. The van der Waals surface area contributed by atoms with Crippen molar-refractivity contribution in [1.29, 1.82) is 5.26 Å². The van der Waals surface area contributed by atoms with Gasteiger partial charge in [0.25, 0.3) is 0 Å². The molecule has 0 N–H and O–H groups in total. The molecule has 0 aliphatic carbocycles. The predicted molar refractivity (Wildman–Crippen MR) is 77.9 cm³/mol. The third-order valence-corrected chi connectivity index (χ3v) is 5.86. The van der Waals surface area contributed by atoms with E-state index in [2.05, 4.69) is 4.57 Å². The quantitative estimate of drug-likeness (QED) is 0.853. The van der Waals surface area contributed by atoms with E-state index in [0.29, 0.717) is 18.7 Å². The first-order chi connectivity index (χ1) is 10.0. The molecule has 0 saturated heterocycles. The molecule has 0 saturated carbocycles. The van der Waals surface area contributed by atoms with Crippen LogP contribution in [0.4, 0.5) is 0 Å². The molecule has 1 aliphatic rings. The summed E-state index contributed by atoms with van der Waals surface area (Å²) in [6, 6.07) is 11.7. The van der Waals surface area contributed by atoms with E-state index in [1.165, 1.54) is 28.6 Å². The van der Waals surface area contributed by atoms with E-state index in [9.17, 15) is 8.42 Å². The van der Waals surface area contributed by atoms with Crippen LogP contribution in [-0.4, -0.2) is 23.8 Å². The molecule has 1 aromatic carbocycles. The lowest BCUT2D eigenvalue weighted by molar-refractivity contribution is 0.282. The number of hydrogen-bond donors (Lipinski definition) is 0. The van der Waals surface area contributed by atoms with Gasteiger partial charge in [0.05, 0.1) is 22.6 Å². The lowest BCUT2D eigenvalue weighted by atomic mass is 10.2. The Bertz CT molecular complexity index is 800. The topological polar surface area (TPSA) is 66.1 Å². The van der Waals surface area contributed by atoms with Crippen LogP contribution in [0.2, 0.25) is 0 Å². The zero-order valence-electron chi connectivity index (χ0n) is 11.6. The van der Waals surface area contributed by atoms with Gasteiger partial charge in [-0.25, -0.2) is 8.42 Å². The highest BCUT2D eigenvalue weighted by Crippen LogP contribution is 2.30. The number of sulfonamides is 1. The van der Waals surface area contributed by atoms with Crippen molar-refractivity contribution in [3.63, 3.8) is 0 Å². The fourth-order valence-corrected chi connectivity index (χ4v) is 4.32. The standard InChI is InChI=1S/C15H15N3O2S/c1-12-15-3-2-8-17(15)9-10-18(12)21(19,20)14-6-4-13(11-16)5-7-14/h2-8,12H,9-10H2,1H3/t12-/m1/s1. The first kappa shape index (κ1) is 13.9. The second kappa shape index (κ2) is 5.02. The summed E-state index contributed by atoms with van der Waals surface area (Å²) in [4.78, 5) is 0.230. The zero-order chi connectivity index (χ0) is 15.0. The molecule has 0 radical (unpaired) electrons. The molecule has 0 spiro atoms. The van der Waals surface area contributed by atoms with E-state index in [1.54, 1.807) is 0 Å². The van der Waals surface area contributed by atoms with Gasteiger partial charge >= 0.3 is 0 Å². The van der Waals surface area contributed by atoms with Crippen molar-refractivity contribution in [2.24, 2.45) is 0 Å². The van der Waals surface area contributed by atoms with E-state index < -0.39 is 10.0 Å². The van der Waals surface area contributed by atoms with Crippen molar-refractivity contribution in [2.45, 2.75) is 24.4 Å². The van der Waals surface area contributed by atoms with Crippen molar-refractivity contribution in [2.75, 3.05) is 6.54 Å². The Morgan fingerprint density at radius 2 is 1.90 bits per heavy atom. The van der Waals surface area contributed by atoms with Gasteiger partial charge in [-0.2, -0.15) is 9.57 Å². The van der Waals surface area contributed by atoms with E-state index in [0.717, 1.165) is 5.69 Å². The predicted octanol–water partition coefficient (Wildman–Crippen LogP) is 2.13. The van der Waals surface area contributed by atoms with Crippen molar-refractivity contribution in [1.82, 2.24) is 8.87 Å². The average Bonchev–Trinajstić information content (AvgIpc) is 2.97. The molecule has 0 bridgehead atoms. The Hall–Kier alpha value is -2.10. The van der Waals surface area contributed by atoms with Crippen LogP contribution in [0.3, 0.4) is 0 Å². The third kappa shape index (κ3) is 2.24. The highest BCUT2D eigenvalue weighted by molar-refractivity contribution is 7.89. The third-order valence-electron chi connectivity index (χ3n) is 3.88. The number of rotatable bonds is 2. The molecule has 2 heterocycles. The molecule has 0 amide bonds. The molecule has 6 heteroatoms. The summed E-state index contributed by atoms with van der Waals surface area (Å²) < 4.78 is 29.1. The number of nitrogens with zero attached hydrogens (tertiary/aromatic N) is 3. The first-order valence-electron chi connectivity index (χ1n) is 6.71. The van der Waals surface area contributed by atoms with Gasteiger partial charge < -0.3 is 4.57 Å². The molecule has 0 unspecified atom stereocenters. The smallest absolute Gasteiger partial charge is 0.243 e. The Kier molecular flexibility index (Phi) is 3.32. The normalized spacial score (nSPS) is 19.0. The van der Waals surface area contributed by atoms with Gasteiger partial charge in [-0.15, -0.1) is 0 Å². The Morgan fingerprint density at radius 1 is 1.19 bits per heavy atom. The molecule has 21 heavy (non-hydrogen) atoms. The van der Waals surface area contributed by atoms with Gasteiger partial charge in [-0.3, -0.25) is 0 Å². The number of aromatic nitrogens is 1. The molecule has 2 aromatic rings. The first-order valence-corrected chi connectivity index (χ1v) is 8.15. The van der Waals surface area contributed by atoms with Gasteiger partial charge in [-0.1, -0.05) is 0 Å². The largest absolute Gasteiger partial charge is 0.349 e. The van der Waals surface area contributed by atoms with E-state index in [-0.39, 0.29) is 10.9 Å². The minimum Gasteiger partial charge on any atom is -0.349 e. The number of fused-ring (bicyclic) bond motifs is 1. The molecule has 1 aromatic heterocycles. The highest BCUT2D eigenvalue weighted by atomic mass is 32.2. The molecular formula is C15H15N3O2S. The highest BCUT2D eigenvalue weighted by Gasteiger charge is 2.33. The lowest BCUT2D eigenvalue weighted by Gasteiger charge is -2.33. The van der Waals surface area contributed by atoms with Crippen molar-refractivity contribution >= 4 is 10.0 Å². The number of hydrogen-bond acceptors (Lipinski definition) is 3. The van der Waals surface area contributed by atoms with E-state index in [4.69, 9.17) is 5.26 Å². The lowest BCUT2D eigenvalue weighted by Crippen LogP contribution is -2.40. The van der Waals surface area contributed by atoms with E-state index in [1.807, 2.05) is 31.3 Å². The van der Waals surface area contributed by atoms with Crippen LogP contribution in [-0.2, 0) is 16.6 Å². The minimum atomic E-state index is -3.55. The van der Waals surface area contributed by atoms with Crippen LogP contribution in [0.1, 0.15) is 24.2 Å². The number of nitriles is 1. The zero-order valence-corrected chi connectivity index (χ0v) is 12.4. The summed E-state index contributed by atoms with van der Waals surface area (Å²) in [5.74, 6) is 0. The Morgan fingerprint density at radius 3 is 2.57 bits per heavy atom. The summed E-state index contributed by atoms with van der Waals surface area (Å²) in [6.45, 7) is 3.00. The Balaban J connectivity index is 1.97. The maximum Gasteiger partial charge on any atom is 0.243 e. The summed E-state index contributed by atoms with van der Waals surface area (Å²) in [7, 11) is -3.55. The molecule has 0 fully saturated rings. The van der Waals surface area contributed by atoms with Gasteiger partial charge in [0, 0.05) is 25.0 Å². The summed E-state index contributed by atoms with van der Waals surface area (Å²) in [5, 5.41) is 8.80. The van der Waals surface area contributed by atoms with Crippen LogP contribution in [0.5, 0.6) is 0 Å². The summed E-state index contributed by atoms with van der Waals surface area (Å²) in [5.41, 5.74) is 1.45. The van der Waals surface area contributed by atoms with Gasteiger partial charge in [0.2, 0.25) is 10.0 Å².